The zero-order valence-corrected chi connectivity index (χ0v) is 26.7. The highest BCUT2D eigenvalue weighted by molar-refractivity contribution is 9.10. The van der Waals surface area contributed by atoms with Crippen molar-refractivity contribution < 1.29 is 19.1 Å². The SMILES string of the molecule is COc1cc(Br)ccc1Nc1ncc2c(n1)-c1c(c(C(=O)N[C@H](CN3C(=O)c4ccccc4C3=O)c3ccccc3)cn1C)CC2. The summed E-state index contributed by atoms with van der Waals surface area (Å²) < 4.78 is 8.32. The number of hydrogen-bond donors (Lipinski definition) is 2. The maximum absolute atomic E-state index is 14.0. The molecule has 0 fully saturated rings. The minimum Gasteiger partial charge on any atom is -0.495 e. The number of halogens is 1. The zero-order valence-electron chi connectivity index (χ0n) is 25.1. The highest BCUT2D eigenvalue weighted by Crippen LogP contribution is 2.37. The molecule has 3 aromatic carbocycles. The third-order valence-electron chi connectivity index (χ3n) is 8.42. The van der Waals surface area contributed by atoms with Gasteiger partial charge in [0, 0.05) is 23.9 Å². The number of imide groups is 1. The number of nitrogens with one attached hydrogen (secondary N) is 2. The van der Waals surface area contributed by atoms with Gasteiger partial charge in [-0.3, -0.25) is 19.3 Å². The van der Waals surface area contributed by atoms with Gasteiger partial charge in [0.15, 0.2) is 0 Å². The average Bonchev–Trinajstić information content (AvgIpc) is 3.55. The number of carbonyl (C=O) groups excluding carboxylic acids is 3. The van der Waals surface area contributed by atoms with Crippen molar-refractivity contribution in [1.82, 2.24) is 24.8 Å². The minimum absolute atomic E-state index is 0.00172. The van der Waals surface area contributed by atoms with Crippen molar-refractivity contribution in [3.05, 3.63) is 123 Å². The average molecular weight is 678 g/mol. The van der Waals surface area contributed by atoms with Crippen LogP contribution in [0.15, 0.2) is 89.7 Å². The summed E-state index contributed by atoms with van der Waals surface area (Å²) in [7, 11) is 3.50. The van der Waals surface area contributed by atoms with Gasteiger partial charge in [0.2, 0.25) is 5.95 Å². The summed E-state index contributed by atoms with van der Waals surface area (Å²) in [4.78, 5) is 51.0. The molecule has 2 N–H and O–H groups in total. The first-order chi connectivity index (χ1) is 22.3. The molecule has 0 spiro atoms. The lowest BCUT2D eigenvalue weighted by molar-refractivity contribution is 0.0628. The second kappa shape index (κ2) is 11.9. The van der Waals surface area contributed by atoms with E-state index in [1.807, 2.05) is 72.5 Å². The predicted octanol–water partition coefficient (Wildman–Crippen LogP) is 5.86. The lowest BCUT2D eigenvalue weighted by Gasteiger charge is -2.24. The number of benzene rings is 3. The molecule has 0 bridgehead atoms. The highest BCUT2D eigenvalue weighted by atomic mass is 79.9. The molecule has 1 aliphatic heterocycles. The van der Waals surface area contributed by atoms with E-state index in [1.165, 1.54) is 4.90 Å². The number of anilines is 2. The van der Waals surface area contributed by atoms with E-state index in [9.17, 15) is 14.4 Å². The smallest absolute Gasteiger partial charge is 0.261 e. The molecule has 0 unspecified atom stereocenters. The zero-order chi connectivity index (χ0) is 31.9. The van der Waals surface area contributed by atoms with Crippen molar-refractivity contribution in [1.29, 1.82) is 0 Å². The van der Waals surface area contributed by atoms with Gasteiger partial charge in [-0.15, -0.1) is 0 Å². The Balaban J connectivity index is 1.18. The van der Waals surface area contributed by atoms with Crippen LogP contribution in [0.25, 0.3) is 11.4 Å². The van der Waals surface area contributed by atoms with Crippen LogP contribution >= 0.6 is 15.9 Å². The second-order valence-electron chi connectivity index (χ2n) is 11.2. The Kier molecular flexibility index (Phi) is 7.61. The van der Waals surface area contributed by atoms with Crippen LogP contribution in [-0.4, -0.2) is 50.8 Å². The number of carbonyl (C=O) groups is 3. The topological polar surface area (TPSA) is 118 Å². The molecule has 3 amide bonds. The minimum atomic E-state index is -0.623. The molecule has 2 aliphatic rings. The van der Waals surface area contributed by atoms with E-state index in [1.54, 1.807) is 31.4 Å². The normalized spacial score (nSPS) is 13.9. The maximum atomic E-state index is 14.0. The first-order valence-corrected chi connectivity index (χ1v) is 15.6. The molecule has 0 saturated heterocycles. The number of aromatic nitrogens is 3. The summed E-state index contributed by atoms with van der Waals surface area (Å²) in [5.74, 6) is 0.0225. The Bertz CT molecular complexity index is 1990. The molecule has 1 aliphatic carbocycles. The van der Waals surface area contributed by atoms with Gasteiger partial charge >= 0.3 is 0 Å². The van der Waals surface area contributed by atoms with E-state index in [0.29, 0.717) is 41.2 Å². The van der Waals surface area contributed by atoms with Gasteiger partial charge in [-0.1, -0.05) is 58.4 Å². The number of ether oxygens (including phenoxy) is 1. The van der Waals surface area contributed by atoms with Crippen LogP contribution in [-0.2, 0) is 19.9 Å². The van der Waals surface area contributed by atoms with Crippen LogP contribution in [0.1, 0.15) is 53.8 Å². The van der Waals surface area contributed by atoms with E-state index < -0.39 is 6.04 Å². The third kappa shape index (κ3) is 5.22. The van der Waals surface area contributed by atoms with Crippen molar-refractivity contribution in [3.8, 4) is 17.1 Å². The van der Waals surface area contributed by atoms with Crippen molar-refractivity contribution in [2.24, 2.45) is 7.05 Å². The quantitative estimate of drug-likeness (QED) is 0.198. The molecule has 7 rings (SSSR count). The lowest BCUT2D eigenvalue weighted by Crippen LogP contribution is -2.40. The first-order valence-electron chi connectivity index (χ1n) is 14.8. The number of hydrogen-bond acceptors (Lipinski definition) is 7. The number of rotatable bonds is 8. The van der Waals surface area contributed by atoms with Crippen molar-refractivity contribution in [2.75, 3.05) is 19.0 Å². The Labute approximate surface area is 273 Å². The van der Waals surface area contributed by atoms with E-state index in [2.05, 4.69) is 31.5 Å². The molecular formula is C35H29BrN6O4. The Morgan fingerprint density at radius 3 is 2.43 bits per heavy atom. The summed E-state index contributed by atoms with van der Waals surface area (Å²) >= 11 is 3.47. The molecular weight excluding hydrogens is 648 g/mol. The third-order valence-corrected chi connectivity index (χ3v) is 8.92. The lowest BCUT2D eigenvalue weighted by atomic mass is 9.92. The van der Waals surface area contributed by atoms with E-state index >= 15 is 0 Å². The van der Waals surface area contributed by atoms with Gasteiger partial charge in [0.1, 0.15) is 5.75 Å². The van der Waals surface area contributed by atoms with Gasteiger partial charge in [-0.25, -0.2) is 9.97 Å². The number of methoxy groups -OCH3 is 1. The van der Waals surface area contributed by atoms with E-state index in [4.69, 9.17) is 9.72 Å². The van der Waals surface area contributed by atoms with E-state index in [0.717, 1.165) is 38.2 Å². The fraction of sp³-hybridized carbons (Fsp3) is 0.171. The van der Waals surface area contributed by atoms with Crippen LogP contribution in [0.5, 0.6) is 5.75 Å². The second-order valence-corrected chi connectivity index (χ2v) is 12.1. The van der Waals surface area contributed by atoms with Crippen molar-refractivity contribution >= 4 is 45.3 Å². The summed E-state index contributed by atoms with van der Waals surface area (Å²) in [6.07, 6.45) is 4.94. The molecule has 0 saturated carbocycles. The summed E-state index contributed by atoms with van der Waals surface area (Å²) in [5.41, 5.74) is 6.24. The molecule has 2 aromatic heterocycles. The van der Waals surface area contributed by atoms with Gasteiger partial charge < -0.3 is 19.9 Å². The van der Waals surface area contributed by atoms with Gasteiger partial charge in [-0.2, -0.15) is 0 Å². The molecule has 5 aromatic rings. The Hall–Kier alpha value is -5.29. The summed E-state index contributed by atoms with van der Waals surface area (Å²) in [5, 5.41) is 6.39. The fourth-order valence-corrected chi connectivity index (χ4v) is 6.52. The molecule has 0 radical (unpaired) electrons. The summed E-state index contributed by atoms with van der Waals surface area (Å²) in [6.45, 7) is 0.00172. The maximum Gasteiger partial charge on any atom is 0.261 e. The molecule has 3 heterocycles. The van der Waals surface area contributed by atoms with Crippen LogP contribution in [0.4, 0.5) is 11.6 Å². The monoisotopic (exact) mass is 676 g/mol. The summed E-state index contributed by atoms with van der Waals surface area (Å²) in [6, 6.07) is 21.2. The van der Waals surface area contributed by atoms with Gasteiger partial charge in [0.05, 0.1) is 53.5 Å². The van der Waals surface area contributed by atoms with Crippen LogP contribution in [0, 0.1) is 0 Å². The molecule has 1 atom stereocenters. The predicted molar refractivity (Wildman–Crippen MR) is 176 cm³/mol. The van der Waals surface area contributed by atoms with Crippen LogP contribution in [0.3, 0.4) is 0 Å². The van der Waals surface area contributed by atoms with Crippen molar-refractivity contribution in [3.63, 3.8) is 0 Å². The van der Waals surface area contributed by atoms with Crippen LogP contribution < -0.4 is 15.4 Å². The van der Waals surface area contributed by atoms with Crippen LogP contribution in [0.2, 0.25) is 0 Å². The molecule has 10 nitrogen and oxygen atoms in total. The Morgan fingerprint density at radius 1 is 1.00 bits per heavy atom. The largest absolute Gasteiger partial charge is 0.495 e. The molecule has 11 heteroatoms. The van der Waals surface area contributed by atoms with Gasteiger partial charge in [0.25, 0.3) is 17.7 Å². The number of fused-ring (bicyclic) bond motifs is 4. The fourth-order valence-electron chi connectivity index (χ4n) is 6.18. The Morgan fingerprint density at radius 2 is 1.72 bits per heavy atom. The number of nitrogens with zero attached hydrogens (tertiary/aromatic N) is 4. The number of amides is 3. The number of aryl methyl sites for hydroxylation is 2. The highest BCUT2D eigenvalue weighted by Gasteiger charge is 2.37. The first kappa shape index (κ1) is 29.4. The van der Waals surface area contributed by atoms with Crippen molar-refractivity contribution in [2.45, 2.75) is 18.9 Å². The van der Waals surface area contributed by atoms with E-state index in [-0.39, 0.29) is 24.3 Å². The van der Waals surface area contributed by atoms with Gasteiger partial charge in [-0.05, 0) is 59.9 Å². The molecule has 46 heavy (non-hydrogen) atoms. The molecule has 230 valence electrons. The standard InChI is InChI=1S/C35H29BrN6O4/c1-41-18-26(23-14-12-21-17-37-35(40-30(21)31(23)41)39-27-15-13-22(36)16-29(27)46-2)32(43)38-28(20-8-4-3-5-9-20)19-42-33(44)24-10-6-7-11-25(24)34(42)45/h3-11,13,15-18,28H,12,14,19H2,1-2H3,(H,38,43)(H,37,39,40)/t28-/m1/s1.